The van der Waals surface area contributed by atoms with Crippen LogP contribution in [0, 0.1) is 0 Å². The van der Waals surface area contributed by atoms with Crippen molar-refractivity contribution in [3.63, 3.8) is 0 Å². The van der Waals surface area contributed by atoms with Crippen molar-refractivity contribution < 1.29 is 19.0 Å². The summed E-state index contributed by atoms with van der Waals surface area (Å²) in [6, 6.07) is 8.86. The molecule has 25 heavy (non-hydrogen) atoms. The summed E-state index contributed by atoms with van der Waals surface area (Å²) in [5, 5.41) is 0.446. The Balaban J connectivity index is 1.53. The lowest BCUT2D eigenvalue weighted by Crippen LogP contribution is -2.10. The summed E-state index contributed by atoms with van der Waals surface area (Å²) >= 11 is 6.26. The molecular formula is C18H15ClN2O4. The fourth-order valence-electron chi connectivity index (χ4n) is 2.70. The van der Waals surface area contributed by atoms with Crippen molar-refractivity contribution in [3.05, 3.63) is 59.1 Å². The van der Waals surface area contributed by atoms with Gasteiger partial charge in [0.1, 0.15) is 12.3 Å². The van der Waals surface area contributed by atoms with Crippen molar-refractivity contribution >= 4 is 23.1 Å². The zero-order valence-electron chi connectivity index (χ0n) is 13.3. The van der Waals surface area contributed by atoms with E-state index in [-0.39, 0.29) is 6.61 Å². The molecule has 0 N–H and O–H groups in total. The largest absolute Gasteiger partial charge is 0.489 e. The van der Waals surface area contributed by atoms with Gasteiger partial charge in [0, 0.05) is 6.42 Å². The minimum Gasteiger partial charge on any atom is -0.489 e. The number of nitrogens with zero attached hydrogens (tertiary/aromatic N) is 2. The third-order valence-corrected chi connectivity index (χ3v) is 4.17. The van der Waals surface area contributed by atoms with E-state index in [0.29, 0.717) is 35.4 Å². The van der Waals surface area contributed by atoms with E-state index in [1.807, 2.05) is 6.07 Å². The number of halogens is 1. The van der Waals surface area contributed by atoms with Gasteiger partial charge in [0.15, 0.2) is 11.5 Å². The number of ether oxygens (including phenoxy) is 3. The van der Waals surface area contributed by atoms with Gasteiger partial charge < -0.3 is 14.2 Å². The number of fused-ring (bicyclic) bond motifs is 2. The van der Waals surface area contributed by atoms with E-state index >= 15 is 0 Å². The number of imidazole rings is 1. The van der Waals surface area contributed by atoms with E-state index < -0.39 is 5.97 Å². The molecule has 1 aliphatic heterocycles. The van der Waals surface area contributed by atoms with Crippen LogP contribution in [0.15, 0.2) is 42.9 Å². The number of carbonyl (C=O) groups is 1. The summed E-state index contributed by atoms with van der Waals surface area (Å²) < 4.78 is 18.3. The molecule has 4 rings (SSSR count). The van der Waals surface area contributed by atoms with Crippen LogP contribution in [0.4, 0.5) is 0 Å². The number of pyridine rings is 1. The Bertz CT molecular complexity index is 938. The minimum absolute atomic E-state index is 0.0836. The van der Waals surface area contributed by atoms with Crippen LogP contribution in [0.1, 0.15) is 22.5 Å². The van der Waals surface area contributed by atoms with Gasteiger partial charge in [-0.1, -0.05) is 17.7 Å². The van der Waals surface area contributed by atoms with E-state index in [1.165, 1.54) is 0 Å². The van der Waals surface area contributed by atoms with Crippen molar-refractivity contribution in [2.24, 2.45) is 0 Å². The lowest BCUT2D eigenvalue weighted by Gasteiger charge is -2.12. The highest BCUT2D eigenvalue weighted by atomic mass is 35.5. The Morgan fingerprint density at radius 3 is 3.08 bits per heavy atom. The van der Waals surface area contributed by atoms with Crippen LogP contribution in [0.3, 0.4) is 0 Å². The Labute approximate surface area is 148 Å². The summed E-state index contributed by atoms with van der Waals surface area (Å²) in [6.45, 7) is 1.21. The SMILES string of the molecule is O=C(OCc1cc(Cl)c2c(c1)OCCCO2)c1cccc2cncn12. The quantitative estimate of drug-likeness (QED) is 0.670. The molecule has 3 aromatic rings. The number of hydrogen-bond donors (Lipinski definition) is 0. The third kappa shape index (κ3) is 3.13. The summed E-state index contributed by atoms with van der Waals surface area (Å²) in [6.07, 6.45) is 4.06. The maximum atomic E-state index is 12.4. The Kier molecular flexibility index (Phi) is 4.19. The summed E-state index contributed by atoms with van der Waals surface area (Å²) in [7, 11) is 0. The molecule has 2 aromatic heterocycles. The van der Waals surface area contributed by atoms with Crippen molar-refractivity contribution in [3.8, 4) is 11.5 Å². The second kappa shape index (κ2) is 6.64. The molecule has 0 fully saturated rings. The fourth-order valence-corrected chi connectivity index (χ4v) is 2.99. The number of benzene rings is 1. The fraction of sp³-hybridized carbons (Fsp3) is 0.222. The predicted octanol–water partition coefficient (Wildman–Crippen LogP) is 3.51. The van der Waals surface area contributed by atoms with Gasteiger partial charge in [-0.2, -0.15) is 0 Å². The van der Waals surface area contributed by atoms with Crippen molar-refractivity contribution in [1.82, 2.24) is 9.38 Å². The normalized spacial score (nSPS) is 13.5. The second-order valence-electron chi connectivity index (χ2n) is 5.63. The van der Waals surface area contributed by atoms with Crippen LogP contribution in [0.2, 0.25) is 5.02 Å². The monoisotopic (exact) mass is 358 g/mol. The molecule has 6 nitrogen and oxygen atoms in total. The van der Waals surface area contributed by atoms with E-state index in [4.69, 9.17) is 25.8 Å². The molecule has 1 aromatic carbocycles. The average molecular weight is 359 g/mol. The number of carbonyl (C=O) groups excluding carboxylic acids is 1. The molecule has 7 heteroatoms. The predicted molar refractivity (Wildman–Crippen MR) is 91.4 cm³/mol. The molecule has 0 atom stereocenters. The van der Waals surface area contributed by atoms with Gasteiger partial charge >= 0.3 is 5.97 Å². The second-order valence-corrected chi connectivity index (χ2v) is 6.04. The molecule has 3 heterocycles. The summed E-state index contributed by atoms with van der Waals surface area (Å²) in [5.74, 6) is 0.678. The third-order valence-electron chi connectivity index (χ3n) is 3.89. The first-order valence-corrected chi connectivity index (χ1v) is 8.26. The maximum Gasteiger partial charge on any atom is 0.355 e. The van der Waals surface area contributed by atoms with Crippen LogP contribution in [-0.2, 0) is 11.3 Å². The maximum absolute atomic E-state index is 12.4. The van der Waals surface area contributed by atoms with Gasteiger partial charge in [0.25, 0.3) is 0 Å². The van der Waals surface area contributed by atoms with Gasteiger partial charge in [-0.25, -0.2) is 9.78 Å². The van der Waals surface area contributed by atoms with E-state index in [0.717, 1.165) is 17.5 Å². The molecule has 0 radical (unpaired) electrons. The van der Waals surface area contributed by atoms with Crippen molar-refractivity contribution in [2.75, 3.05) is 13.2 Å². The van der Waals surface area contributed by atoms with Gasteiger partial charge in [-0.05, 0) is 29.8 Å². The minimum atomic E-state index is -0.438. The van der Waals surface area contributed by atoms with Gasteiger partial charge in [-0.3, -0.25) is 4.40 Å². The van der Waals surface area contributed by atoms with Crippen LogP contribution in [-0.4, -0.2) is 28.6 Å². The number of aromatic nitrogens is 2. The summed E-state index contributed by atoms with van der Waals surface area (Å²) in [5.41, 5.74) is 1.98. The molecule has 0 bridgehead atoms. The first-order chi connectivity index (χ1) is 12.2. The smallest absolute Gasteiger partial charge is 0.355 e. The number of rotatable bonds is 3. The molecule has 0 spiro atoms. The van der Waals surface area contributed by atoms with Crippen molar-refractivity contribution in [2.45, 2.75) is 13.0 Å². The highest BCUT2D eigenvalue weighted by molar-refractivity contribution is 6.32. The van der Waals surface area contributed by atoms with Gasteiger partial charge in [0.05, 0.1) is 36.3 Å². The molecule has 0 aliphatic carbocycles. The van der Waals surface area contributed by atoms with Crippen molar-refractivity contribution in [1.29, 1.82) is 0 Å². The lowest BCUT2D eigenvalue weighted by atomic mass is 10.2. The summed E-state index contributed by atoms with van der Waals surface area (Å²) in [4.78, 5) is 16.4. The standard InChI is InChI=1S/C18H15ClN2O4/c19-14-7-12(8-16-17(14)24-6-2-5-23-16)10-25-18(22)15-4-1-3-13-9-20-11-21(13)15/h1,3-4,7-9,11H,2,5-6,10H2. The molecule has 0 amide bonds. The molecule has 0 unspecified atom stereocenters. The van der Waals surface area contributed by atoms with Gasteiger partial charge in [0.2, 0.25) is 0 Å². The van der Waals surface area contributed by atoms with Crippen LogP contribution < -0.4 is 9.47 Å². The van der Waals surface area contributed by atoms with Crippen LogP contribution >= 0.6 is 11.6 Å². The Morgan fingerprint density at radius 2 is 2.16 bits per heavy atom. The van der Waals surface area contributed by atoms with Crippen LogP contribution in [0.5, 0.6) is 11.5 Å². The van der Waals surface area contributed by atoms with Gasteiger partial charge in [-0.15, -0.1) is 0 Å². The molecule has 0 saturated heterocycles. The molecule has 0 saturated carbocycles. The molecule has 128 valence electrons. The highest BCUT2D eigenvalue weighted by Crippen LogP contribution is 2.38. The zero-order chi connectivity index (χ0) is 17.2. The number of hydrogen-bond acceptors (Lipinski definition) is 5. The van der Waals surface area contributed by atoms with E-state index in [1.54, 1.807) is 41.2 Å². The lowest BCUT2D eigenvalue weighted by molar-refractivity contribution is 0.0463. The first kappa shape index (κ1) is 15.8. The highest BCUT2D eigenvalue weighted by Gasteiger charge is 2.17. The first-order valence-electron chi connectivity index (χ1n) is 7.88. The molecular weight excluding hydrogens is 344 g/mol. The van der Waals surface area contributed by atoms with E-state index in [2.05, 4.69) is 4.98 Å². The van der Waals surface area contributed by atoms with Crippen LogP contribution in [0.25, 0.3) is 5.52 Å². The number of esters is 1. The zero-order valence-corrected chi connectivity index (χ0v) is 14.0. The van der Waals surface area contributed by atoms with E-state index in [9.17, 15) is 4.79 Å². The Hall–Kier alpha value is -2.73. The Morgan fingerprint density at radius 1 is 1.28 bits per heavy atom. The molecule has 1 aliphatic rings. The average Bonchev–Trinajstić information content (AvgIpc) is 2.97. The topological polar surface area (TPSA) is 62.1 Å².